The molecule has 1 aromatic carbocycles. The number of alkyl halides is 3. The maximum atomic E-state index is 13.3. The Morgan fingerprint density at radius 2 is 2.10 bits per heavy atom. The number of rotatable bonds is 3. The van der Waals surface area contributed by atoms with Crippen LogP contribution in [0.5, 0.6) is 0 Å². The summed E-state index contributed by atoms with van der Waals surface area (Å²) in [6, 6.07) is 6.25. The predicted molar refractivity (Wildman–Crippen MR) is 75.5 cm³/mol. The molecule has 1 unspecified atom stereocenters. The van der Waals surface area contributed by atoms with Gasteiger partial charge in [-0.3, -0.25) is 4.57 Å². The highest BCUT2D eigenvalue weighted by molar-refractivity contribution is 9.10. The van der Waals surface area contributed by atoms with Gasteiger partial charge in [0.15, 0.2) is 0 Å². The fraction of sp³-hybridized carbons (Fsp3) is 0.231. The second kappa shape index (κ2) is 5.94. The van der Waals surface area contributed by atoms with Gasteiger partial charge in [-0.25, -0.2) is 0 Å². The van der Waals surface area contributed by atoms with Crippen molar-refractivity contribution in [2.75, 3.05) is 0 Å². The van der Waals surface area contributed by atoms with Gasteiger partial charge in [0.1, 0.15) is 6.33 Å². The molecule has 2 aromatic rings. The molecule has 0 aliphatic carbocycles. The van der Waals surface area contributed by atoms with Crippen LogP contribution in [0.25, 0.3) is 0 Å². The Bertz CT molecular complexity index is 596. The van der Waals surface area contributed by atoms with E-state index in [0.29, 0.717) is 4.47 Å². The Morgan fingerprint density at radius 3 is 2.65 bits per heavy atom. The van der Waals surface area contributed by atoms with Crippen LogP contribution in [0, 0.1) is 12.4 Å². The number of halogens is 4. The number of benzene rings is 1. The van der Waals surface area contributed by atoms with E-state index < -0.39 is 12.1 Å². The van der Waals surface area contributed by atoms with Gasteiger partial charge in [0.25, 0.3) is 0 Å². The summed E-state index contributed by atoms with van der Waals surface area (Å²) in [6.45, 7) is 0. The molecule has 2 nitrogen and oxygen atoms in total. The zero-order valence-electron chi connectivity index (χ0n) is 9.99. The quantitative estimate of drug-likeness (QED) is 0.765. The largest absolute Gasteiger partial charge is 0.396 e. The molecule has 1 aromatic heterocycles. The zero-order valence-corrected chi connectivity index (χ0v) is 12.4. The van der Waals surface area contributed by atoms with Gasteiger partial charge in [-0.15, -0.1) is 0 Å². The molecule has 0 saturated carbocycles. The first-order valence-electron chi connectivity index (χ1n) is 5.56. The molecular formula is C13H8BrF3N2S. The Kier molecular flexibility index (Phi) is 4.45. The molecule has 0 N–H and O–H groups in total. The lowest BCUT2D eigenvalue weighted by Gasteiger charge is -2.22. The fourth-order valence-electron chi connectivity index (χ4n) is 1.76. The van der Waals surface area contributed by atoms with Crippen LogP contribution in [0.1, 0.15) is 17.9 Å². The molecule has 0 aliphatic heterocycles. The third-order valence-corrected chi connectivity index (χ3v) is 3.82. The Labute approximate surface area is 127 Å². The summed E-state index contributed by atoms with van der Waals surface area (Å²) < 4.78 is 41.4. The van der Waals surface area contributed by atoms with Crippen molar-refractivity contribution in [2.45, 2.75) is 18.5 Å². The minimum atomic E-state index is -4.39. The summed E-state index contributed by atoms with van der Waals surface area (Å²) in [5.74, 6) is -1.68. The highest BCUT2D eigenvalue weighted by Crippen LogP contribution is 2.40. The van der Waals surface area contributed by atoms with E-state index in [2.05, 4.69) is 33.3 Å². The van der Waals surface area contributed by atoms with E-state index in [4.69, 9.17) is 12.2 Å². The molecule has 0 bridgehead atoms. The van der Waals surface area contributed by atoms with Crippen molar-refractivity contribution >= 4 is 33.1 Å². The van der Waals surface area contributed by atoms with Gasteiger partial charge in [0.05, 0.1) is 17.1 Å². The molecule has 104 valence electrons. The molecule has 0 fully saturated rings. The first-order chi connectivity index (χ1) is 9.39. The van der Waals surface area contributed by atoms with Gasteiger partial charge >= 0.3 is 6.18 Å². The van der Waals surface area contributed by atoms with Gasteiger partial charge in [-0.2, -0.15) is 18.2 Å². The van der Waals surface area contributed by atoms with E-state index in [0.717, 1.165) is 0 Å². The molecule has 1 atom stereocenters. The molecule has 0 amide bonds. The molecule has 0 saturated heterocycles. The van der Waals surface area contributed by atoms with Crippen LogP contribution in [-0.2, 0) is 0 Å². The number of nitrogens with zero attached hydrogens (tertiary/aromatic N) is 2. The third kappa shape index (κ3) is 3.38. The zero-order chi connectivity index (χ0) is 14.8. The van der Waals surface area contributed by atoms with Crippen molar-refractivity contribution < 1.29 is 13.2 Å². The lowest BCUT2D eigenvalue weighted by atomic mass is 9.95. The maximum absolute atomic E-state index is 13.3. The SMILES string of the molecule is FC(F)(F)C(CC(=S)n1c#cnc1)c1ccccc1Br. The minimum absolute atomic E-state index is 0.0943. The van der Waals surface area contributed by atoms with Gasteiger partial charge < -0.3 is 0 Å². The average Bonchev–Trinajstić information content (AvgIpc) is 2.89. The van der Waals surface area contributed by atoms with Crippen molar-refractivity contribution in [1.29, 1.82) is 0 Å². The average molecular weight is 361 g/mol. The van der Waals surface area contributed by atoms with Crippen molar-refractivity contribution in [3.63, 3.8) is 0 Å². The Morgan fingerprint density at radius 1 is 1.40 bits per heavy atom. The van der Waals surface area contributed by atoms with Gasteiger partial charge in [0.2, 0.25) is 0 Å². The van der Waals surface area contributed by atoms with E-state index in [1.165, 1.54) is 17.0 Å². The van der Waals surface area contributed by atoms with Crippen LogP contribution in [0.4, 0.5) is 13.2 Å². The lowest BCUT2D eigenvalue weighted by molar-refractivity contribution is -0.149. The summed E-state index contributed by atoms with van der Waals surface area (Å²) in [7, 11) is 0. The van der Waals surface area contributed by atoms with E-state index >= 15 is 0 Å². The molecule has 20 heavy (non-hydrogen) atoms. The van der Waals surface area contributed by atoms with Gasteiger partial charge in [-0.05, 0) is 11.6 Å². The van der Waals surface area contributed by atoms with Gasteiger partial charge in [-0.1, -0.05) is 46.3 Å². The van der Waals surface area contributed by atoms with Gasteiger partial charge in [0, 0.05) is 17.1 Å². The Balaban J connectivity index is 2.31. The van der Waals surface area contributed by atoms with E-state index in [-0.39, 0.29) is 17.0 Å². The standard InChI is InChI=1S/C13H8BrF3N2S/c14-11-4-2-1-3-9(11)10(13(15,16)17)7-12(20)19-6-5-18-8-19/h1-4,8,10H,7H2. The molecule has 7 heteroatoms. The second-order valence-electron chi connectivity index (χ2n) is 4.05. The first-order valence-corrected chi connectivity index (χ1v) is 6.77. The van der Waals surface area contributed by atoms with E-state index in [9.17, 15) is 13.2 Å². The normalized spacial score (nSPS) is 12.8. The van der Waals surface area contributed by atoms with Crippen LogP contribution in [0.15, 0.2) is 35.1 Å². The maximum Gasteiger partial charge on any atom is 0.396 e. The molecular weight excluding hydrogens is 353 g/mol. The summed E-state index contributed by atoms with van der Waals surface area (Å²) in [5.41, 5.74) is 0.159. The summed E-state index contributed by atoms with van der Waals surface area (Å²) >= 11 is 8.17. The highest BCUT2D eigenvalue weighted by Gasteiger charge is 2.42. The van der Waals surface area contributed by atoms with Crippen LogP contribution in [0.2, 0.25) is 0 Å². The molecule has 2 rings (SSSR count). The first kappa shape index (κ1) is 15.0. The Hall–Kier alpha value is -1.39. The van der Waals surface area contributed by atoms with Crippen molar-refractivity contribution in [3.8, 4) is 0 Å². The van der Waals surface area contributed by atoms with Crippen LogP contribution >= 0.6 is 28.1 Å². The lowest BCUT2D eigenvalue weighted by Crippen LogP contribution is -2.25. The topological polar surface area (TPSA) is 17.8 Å². The summed E-state index contributed by atoms with van der Waals surface area (Å²) in [6.07, 6.45) is 1.46. The second-order valence-corrected chi connectivity index (χ2v) is 5.38. The number of aromatic nitrogens is 2. The van der Waals surface area contributed by atoms with E-state index in [1.54, 1.807) is 18.2 Å². The van der Waals surface area contributed by atoms with Crippen LogP contribution < -0.4 is 0 Å². The summed E-state index contributed by atoms with van der Waals surface area (Å²) in [5, 5.41) is 0. The minimum Gasteiger partial charge on any atom is -0.251 e. The monoisotopic (exact) mass is 360 g/mol. The van der Waals surface area contributed by atoms with Crippen LogP contribution in [-0.4, -0.2) is 20.7 Å². The van der Waals surface area contributed by atoms with Crippen LogP contribution in [0.3, 0.4) is 0 Å². The van der Waals surface area contributed by atoms with E-state index in [1.807, 2.05) is 0 Å². The van der Waals surface area contributed by atoms with Crippen molar-refractivity contribution in [2.24, 2.45) is 0 Å². The smallest absolute Gasteiger partial charge is 0.251 e. The highest BCUT2D eigenvalue weighted by atomic mass is 79.9. The summed E-state index contributed by atoms with van der Waals surface area (Å²) in [4.78, 5) is 3.70. The van der Waals surface area contributed by atoms with Crippen molar-refractivity contribution in [3.05, 3.63) is 53.0 Å². The molecule has 1 heterocycles. The van der Waals surface area contributed by atoms with Crippen molar-refractivity contribution in [1.82, 2.24) is 9.55 Å². The fourth-order valence-corrected chi connectivity index (χ4v) is 2.58. The molecule has 0 aliphatic rings. The molecule has 0 spiro atoms. The number of hydrogen-bond donors (Lipinski definition) is 0. The predicted octanol–water partition coefficient (Wildman–Crippen LogP) is 4.16. The third-order valence-electron chi connectivity index (χ3n) is 2.73. The molecule has 0 radical (unpaired) electrons. The number of thiocarbonyl (C=S) groups is 1. The number of hydrogen-bond acceptors (Lipinski definition) is 2.